The topological polar surface area (TPSA) is 75.3 Å². The zero-order chi connectivity index (χ0) is 19.5. The van der Waals surface area contributed by atoms with Crippen LogP contribution in [0.1, 0.15) is 15.9 Å². The van der Waals surface area contributed by atoms with Gasteiger partial charge in [0.15, 0.2) is 0 Å². The van der Waals surface area contributed by atoms with Gasteiger partial charge in [0, 0.05) is 14.8 Å². The number of hydrogen-bond acceptors (Lipinski definition) is 3. The number of carbonyl (C=O) groups excluding carboxylic acids is 1. The molecule has 0 saturated carbocycles. The molecule has 0 spiro atoms. The molecule has 0 unspecified atom stereocenters. The van der Waals surface area contributed by atoms with Gasteiger partial charge >= 0.3 is 6.18 Å². The fourth-order valence-electron chi connectivity index (χ4n) is 1.94. The second kappa shape index (κ2) is 7.92. The Morgan fingerprint density at radius 3 is 2.46 bits per heavy atom. The third kappa shape index (κ3) is 5.68. The van der Waals surface area contributed by atoms with E-state index in [1.54, 1.807) is 12.1 Å². The Morgan fingerprint density at radius 2 is 1.85 bits per heavy atom. The molecule has 140 valence electrons. The number of hydrogen-bond donors (Lipinski definition) is 2. The van der Waals surface area contributed by atoms with Gasteiger partial charge in [-0.3, -0.25) is 4.79 Å². The number of rotatable bonds is 5. The van der Waals surface area contributed by atoms with Gasteiger partial charge in [-0.2, -0.15) is 13.2 Å². The SMILES string of the molecule is Cc1ccc(NC(=O)c2cccc(S(=O)(=O)NCC(F)(F)F)c2)cc1I. The molecule has 0 aliphatic carbocycles. The van der Waals surface area contributed by atoms with E-state index < -0.39 is 33.5 Å². The lowest BCUT2D eigenvalue weighted by atomic mass is 10.2. The molecule has 2 rings (SSSR count). The van der Waals surface area contributed by atoms with Gasteiger partial charge in [-0.15, -0.1) is 0 Å². The van der Waals surface area contributed by atoms with Gasteiger partial charge in [0.25, 0.3) is 5.91 Å². The van der Waals surface area contributed by atoms with E-state index in [1.165, 1.54) is 16.9 Å². The van der Waals surface area contributed by atoms with Crippen LogP contribution in [0.25, 0.3) is 0 Å². The molecule has 0 heterocycles. The molecule has 0 aromatic heterocycles. The second-order valence-corrected chi connectivity index (χ2v) is 8.31. The fourth-order valence-corrected chi connectivity index (χ4v) is 3.51. The fraction of sp³-hybridized carbons (Fsp3) is 0.188. The van der Waals surface area contributed by atoms with Gasteiger partial charge in [0.2, 0.25) is 10.0 Å². The van der Waals surface area contributed by atoms with Gasteiger partial charge in [0.05, 0.1) is 4.90 Å². The monoisotopic (exact) mass is 498 g/mol. The molecule has 0 saturated heterocycles. The summed E-state index contributed by atoms with van der Waals surface area (Å²) in [5.74, 6) is -0.572. The van der Waals surface area contributed by atoms with Crippen LogP contribution in [0.4, 0.5) is 18.9 Å². The first-order chi connectivity index (χ1) is 12.0. The largest absolute Gasteiger partial charge is 0.402 e. The van der Waals surface area contributed by atoms with Crippen LogP contribution in [0, 0.1) is 10.5 Å². The standard InChI is InChI=1S/C16H14F3IN2O3S/c1-10-5-6-12(8-14(10)20)22-15(23)11-3-2-4-13(7-11)26(24,25)21-9-16(17,18)19/h2-8,21H,9H2,1H3,(H,22,23). The number of alkyl halides is 3. The minimum atomic E-state index is -4.68. The van der Waals surface area contributed by atoms with Crippen molar-refractivity contribution in [2.24, 2.45) is 0 Å². The summed E-state index contributed by atoms with van der Waals surface area (Å²) in [6, 6.07) is 10.1. The number of amides is 1. The van der Waals surface area contributed by atoms with E-state index in [-0.39, 0.29) is 5.56 Å². The van der Waals surface area contributed by atoms with E-state index in [4.69, 9.17) is 0 Å². The van der Waals surface area contributed by atoms with Crippen LogP contribution >= 0.6 is 22.6 Å². The van der Waals surface area contributed by atoms with E-state index >= 15 is 0 Å². The summed E-state index contributed by atoms with van der Waals surface area (Å²) in [4.78, 5) is 11.9. The predicted octanol–water partition coefficient (Wildman–Crippen LogP) is 3.69. The summed E-state index contributed by atoms with van der Waals surface area (Å²) >= 11 is 2.11. The highest BCUT2D eigenvalue weighted by molar-refractivity contribution is 14.1. The van der Waals surface area contributed by atoms with Gasteiger partial charge in [-0.05, 0) is 65.4 Å². The number of sulfonamides is 1. The van der Waals surface area contributed by atoms with Crippen LogP contribution in [0.2, 0.25) is 0 Å². The molecule has 1 amide bonds. The zero-order valence-corrected chi connectivity index (χ0v) is 16.4. The first-order valence-electron chi connectivity index (χ1n) is 7.22. The summed E-state index contributed by atoms with van der Waals surface area (Å²) in [5.41, 5.74) is 1.57. The van der Waals surface area contributed by atoms with Crippen molar-refractivity contribution in [1.29, 1.82) is 0 Å². The lowest BCUT2D eigenvalue weighted by Gasteiger charge is -2.11. The Morgan fingerprint density at radius 1 is 1.15 bits per heavy atom. The zero-order valence-electron chi connectivity index (χ0n) is 13.4. The molecule has 10 heteroatoms. The minimum absolute atomic E-state index is 0.00969. The molecule has 0 atom stereocenters. The lowest BCUT2D eigenvalue weighted by molar-refractivity contribution is -0.121. The average Bonchev–Trinajstić information content (AvgIpc) is 2.56. The quantitative estimate of drug-likeness (QED) is 0.618. The second-order valence-electron chi connectivity index (χ2n) is 5.39. The van der Waals surface area contributed by atoms with Crippen molar-refractivity contribution < 1.29 is 26.4 Å². The van der Waals surface area contributed by atoms with Crippen molar-refractivity contribution in [2.45, 2.75) is 18.0 Å². The van der Waals surface area contributed by atoms with Crippen LogP contribution in [-0.4, -0.2) is 27.0 Å². The van der Waals surface area contributed by atoms with Crippen molar-refractivity contribution in [1.82, 2.24) is 4.72 Å². The van der Waals surface area contributed by atoms with Crippen molar-refractivity contribution in [3.05, 3.63) is 57.2 Å². The third-order valence-corrected chi connectivity index (χ3v) is 5.86. The van der Waals surface area contributed by atoms with Crippen LogP contribution in [0.5, 0.6) is 0 Å². The smallest absolute Gasteiger partial charge is 0.322 e. The van der Waals surface area contributed by atoms with Crippen molar-refractivity contribution >= 4 is 44.2 Å². The van der Waals surface area contributed by atoms with Gasteiger partial charge < -0.3 is 5.32 Å². The Kier molecular flexibility index (Phi) is 6.29. The summed E-state index contributed by atoms with van der Waals surface area (Å²) in [5, 5.41) is 2.62. The van der Waals surface area contributed by atoms with Crippen LogP contribution in [0.3, 0.4) is 0 Å². The maximum Gasteiger partial charge on any atom is 0.402 e. The van der Waals surface area contributed by atoms with Gasteiger partial charge in [-0.25, -0.2) is 13.1 Å². The maximum absolute atomic E-state index is 12.3. The van der Waals surface area contributed by atoms with Crippen molar-refractivity contribution in [3.8, 4) is 0 Å². The molecule has 26 heavy (non-hydrogen) atoms. The van der Waals surface area contributed by atoms with Gasteiger partial charge in [-0.1, -0.05) is 12.1 Å². The van der Waals surface area contributed by atoms with E-state index in [1.807, 2.05) is 13.0 Å². The van der Waals surface area contributed by atoms with Crippen LogP contribution < -0.4 is 10.0 Å². The number of carbonyl (C=O) groups is 1. The summed E-state index contributed by atoms with van der Waals surface area (Å²) in [6.45, 7) is 0.225. The number of anilines is 1. The molecule has 0 aliphatic rings. The molecule has 0 radical (unpaired) electrons. The first kappa shape index (κ1) is 20.6. The lowest BCUT2D eigenvalue weighted by Crippen LogP contribution is -2.33. The van der Waals surface area contributed by atoms with Crippen LogP contribution in [0.15, 0.2) is 47.4 Å². The summed E-state index contributed by atoms with van der Waals surface area (Å²) in [6.07, 6.45) is -4.68. The normalized spacial score (nSPS) is 12.0. The van der Waals surface area contributed by atoms with Crippen LogP contribution in [-0.2, 0) is 10.0 Å². The van der Waals surface area contributed by atoms with Crippen molar-refractivity contribution in [3.63, 3.8) is 0 Å². The molecule has 2 aromatic carbocycles. The molecule has 2 aromatic rings. The van der Waals surface area contributed by atoms with E-state index in [0.717, 1.165) is 21.3 Å². The predicted molar refractivity (Wildman–Crippen MR) is 99.5 cm³/mol. The Balaban J connectivity index is 2.19. The molecule has 0 aliphatic heterocycles. The first-order valence-corrected chi connectivity index (χ1v) is 9.78. The highest BCUT2D eigenvalue weighted by atomic mass is 127. The molecule has 0 fully saturated rings. The molecule has 2 N–H and O–H groups in total. The van der Waals surface area contributed by atoms with Gasteiger partial charge in [0.1, 0.15) is 6.54 Å². The number of nitrogens with one attached hydrogen (secondary N) is 2. The molecule has 0 bridgehead atoms. The molecular weight excluding hydrogens is 484 g/mol. The van der Waals surface area contributed by atoms with E-state index in [0.29, 0.717) is 5.69 Å². The van der Waals surface area contributed by atoms with Crippen molar-refractivity contribution in [2.75, 3.05) is 11.9 Å². The summed E-state index contributed by atoms with van der Waals surface area (Å²) < 4.78 is 63.0. The minimum Gasteiger partial charge on any atom is -0.322 e. The highest BCUT2D eigenvalue weighted by Gasteiger charge is 2.30. The Hall–Kier alpha value is -1.66. The number of halogens is 4. The average molecular weight is 498 g/mol. The van der Waals surface area contributed by atoms with E-state index in [9.17, 15) is 26.4 Å². The third-order valence-electron chi connectivity index (χ3n) is 3.30. The highest BCUT2D eigenvalue weighted by Crippen LogP contribution is 2.19. The Labute approximate surface area is 162 Å². The number of aryl methyl sites for hydroxylation is 1. The number of benzene rings is 2. The maximum atomic E-state index is 12.3. The Bertz CT molecular complexity index is 931. The van der Waals surface area contributed by atoms with E-state index in [2.05, 4.69) is 27.9 Å². The molecule has 5 nitrogen and oxygen atoms in total. The summed E-state index contributed by atoms with van der Waals surface area (Å²) in [7, 11) is -4.39. The molecular formula is C16H14F3IN2O3S.